The van der Waals surface area contributed by atoms with Crippen LogP contribution in [0.25, 0.3) is 10.9 Å². The molecule has 0 radical (unpaired) electrons. The molecular weight excluding hydrogens is 366 g/mol. The molecule has 0 fully saturated rings. The minimum absolute atomic E-state index is 0.237. The zero-order valence-corrected chi connectivity index (χ0v) is 14.6. The third-order valence-corrected chi connectivity index (χ3v) is 4.88. The second-order valence-corrected chi connectivity index (χ2v) is 6.94. The van der Waals surface area contributed by atoms with Crippen molar-refractivity contribution in [3.63, 3.8) is 0 Å². The van der Waals surface area contributed by atoms with E-state index in [1.165, 1.54) is 0 Å². The molecule has 2 aromatic carbocycles. The summed E-state index contributed by atoms with van der Waals surface area (Å²) in [5.41, 5.74) is 11.3. The summed E-state index contributed by atoms with van der Waals surface area (Å²) in [6.07, 6.45) is 4.17. The Balaban J connectivity index is 1.78. The molecule has 120 valence electrons. The number of nitrogens with zero attached hydrogens (tertiary/aromatic N) is 1. The maximum Gasteiger partial charge on any atom is 0.163 e. The minimum atomic E-state index is 0.237. The third-order valence-electron chi connectivity index (χ3n) is 4.38. The lowest BCUT2D eigenvalue weighted by atomic mass is 9.90. The molecule has 3 N–H and O–H groups in total. The van der Waals surface area contributed by atoms with Crippen LogP contribution in [0.15, 0.2) is 47.1 Å². The number of hydrogen-bond acceptors (Lipinski definition) is 4. The quantitative estimate of drug-likeness (QED) is 0.666. The van der Waals surface area contributed by atoms with Gasteiger partial charge in [-0.15, -0.1) is 0 Å². The van der Waals surface area contributed by atoms with Crippen LogP contribution in [0.4, 0.5) is 17.1 Å². The Morgan fingerprint density at radius 2 is 2.00 bits per heavy atom. The summed E-state index contributed by atoms with van der Waals surface area (Å²) in [4.78, 5) is 16.3. The lowest BCUT2D eigenvalue weighted by molar-refractivity contribution is 0.0972. The van der Waals surface area contributed by atoms with E-state index in [1.807, 2.05) is 30.3 Å². The maximum absolute atomic E-state index is 12.0. The van der Waals surface area contributed by atoms with Crippen LogP contribution in [0, 0.1) is 0 Å². The summed E-state index contributed by atoms with van der Waals surface area (Å²) >= 11 is 3.50. The van der Waals surface area contributed by atoms with E-state index < -0.39 is 0 Å². The van der Waals surface area contributed by atoms with Crippen molar-refractivity contribution < 1.29 is 4.79 Å². The van der Waals surface area contributed by atoms with Crippen LogP contribution in [0.1, 0.15) is 28.8 Å². The van der Waals surface area contributed by atoms with E-state index in [9.17, 15) is 4.79 Å². The van der Waals surface area contributed by atoms with Gasteiger partial charge in [0.2, 0.25) is 0 Å². The van der Waals surface area contributed by atoms with Crippen molar-refractivity contribution in [2.45, 2.75) is 19.3 Å². The largest absolute Gasteiger partial charge is 0.396 e. The number of fused-ring (bicyclic) bond motifs is 2. The number of rotatable bonds is 2. The normalized spacial score (nSPS) is 13.8. The summed E-state index contributed by atoms with van der Waals surface area (Å²) in [6.45, 7) is 0. The van der Waals surface area contributed by atoms with Gasteiger partial charge in [-0.05, 0) is 54.8 Å². The lowest BCUT2D eigenvalue weighted by Crippen LogP contribution is -2.11. The Morgan fingerprint density at radius 3 is 2.88 bits per heavy atom. The molecule has 0 amide bonds. The second kappa shape index (κ2) is 5.91. The molecule has 0 unspecified atom stereocenters. The number of ketones is 1. The number of halogens is 1. The molecule has 0 saturated carbocycles. The number of nitrogens with two attached hydrogens (primary N) is 1. The predicted octanol–water partition coefficient (Wildman–Crippen LogP) is 4.84. The monoisotopic (exact) mass is 381 g/mol. The molecule has 1 aliphatic rings. The number of nitrogens with one attached hydrogen (secondary N) is 1. The van der Waals surface area contributed by atoms with E-state index in [4.69, 9.17) is 5.73 Å². The van der Waals surface area contributed by atoms with Crippen molar-refractivity contribution in [1.82, 2.24) is 4.98 Å². The van der Waals surface area contributed by atoms with Crippen LogP contribution in [0.5, 0.6) is 0 Å². The van der Waals surface area contributed by atoms with Crippen LogP contribution >= 0.6 is 15.9 Å². The van der Waals surface area contributed by atoms with E-state index in [1.54, 1.807) is 6.20 Å². The second-order valence-electron chi connectivity index (χ2n) is 6.02. The number of Topliss-reactive ketones (excluding diaryl/α,β-unsaturated/α-hetero) is 1. The van der Waals surface area contributed by atoms with Crippen molar-refractivity contribution in [2.75, 3.05) is 11.1 Å². The van der Waals surface area contributed by atoms with Crippen molar-refractivity contribution in [3.05, 3.63) is 58.2 Å². The number of carbonyl (C=O) groups is 1. The topological polar surface area (TPSA) is 68.0 Å². The van der Waals surface area contributed by atoms with E-state index in [-0.39, 0.29) is 5.78 Å². The smallest absolute Gasteiger partial charge is 0.163 e. The molecule has 24 heavy (non-hydrogen) atoms. The first-order valence-electron chi connectivity index (χ1n) is 7.89. The number of pyridine rings is 1. The van der Waals surface area contributed by atoms with Crippen molar-refractivity contribution in [3.8, 4) is 0 Å². The van der Waals surface area contributed by atoms with E-state index in [0.29, 0.717) is 12.1 Å². The van der Waals surface area contributed by atoms with Crippen molar-refractivity contribution in [1.29, 1.82) is 0 Å². The van der Waals surface area contributed by atoms with Crippen molar-refractivity contribution >= 4 is 49.7 Å². The van der Waals surface area contributed by atoms with Crippen LogP contribution < -0.4 is 11.1 Å². The minimum Gasteiger partial charge on any atom is -0.396 e. The van der Waals surface area contributed by atoms with E-state index >= 15 is 0 Å². The molecule has 0 spiro atoms. The first-order chi connectivity index (χ1) is 11.6. The molecule has 0 atom stereocenters. The molecule has 0 aliphatic heterocycles. The molecule has 1 aromatic heterocycles. The first kappa shape index (κ1) is 15.1. The van der Waals surface area contributed by atoms with Gasteiger partial charge < -0.3 is 11.1 Å². The van der Waals surface area contributed by atoms with E-state index in [2.05, 4.69) is 32.3 Å². The van der Waals surface area contributed by atoms with Crippen molar-refractivity contribution in [2.24, 2.45) is 0 Å². The summed E-state index contributed by atoms with van der Waals surface area (Å²) < 4.78 is 0.974. The fourth-order valence-corrected chi connectivity index (χ4v) is 3.55. The average molecular weight is 382 g/mol. The molecule has 3 aromatic rings. The Hall–Kier alpha value is -2.40. The van der Waals surface area contributed by atoms with Gasteiger partial charge in [0, 0.05) is 27.5 Å². The zero-order valence-electron chi connectivity index (χ0n) is 13.0. The molecule has 5 heteroatoms. The number of hydrogen-bond donors (Lipinski definition) is 2. The predicted molar refractivity (Wildman–Crippen MR) is 101 cm³/mol. The van der Waals surface area contributed by atoms with Crippen LogP contribution in [-0.2, 0) is 6.42 Å². The Kier molecular flexibility index (Phi) is 3.73. The molecule has 1 aliphatic carbocycles. The number of anilines is 3. The highest BCUT2D eigenvalue weighted by Crippen LogP contribution is 2.33. The molecule has 4 nitrogen and oxygen atoms in total. The zero-order chi connectivity index (χ0) is 16.7. The molecule has 0 bridgehead atoms. The number of aryl methyl sites for hydroxylation is 1. The highest BCUT2D eigenvalue weighted by Gasteiger charge is 2.17. The Labute approximate surface area is 148 Å². The Morgan fingerprint density at radius 1 is 1.12 bits per heavy atom. The Bertz CT molecular complexity index is 963. The third kappa shape index (κ3) is 2.65. The van der Waals surface area contributed by atoms with Gasteiger partial charge in [-0.2, -0.15) is 0 Å². The summed E-state index contributed by atoms with van der Waals surface area (Å²) in [5.74, 6) is 0.237. The number of aromatic nitrogens is 1. The van der Waals surface area contributed by atoms with Gasteiger partial charge >= 0.3 is 0 Å². The van der Waals surface area contributed by atoms with Gasteiger partial charge in [0.25, 0.3) is 0 Å². The van der Waals surface area contributed by atoms with Gasteiger partial charge in [-0.1, -0.05) is 15.9 Å². The van der Waals surface area contributed by atoms with Gasteiger partial charge in [-0.25, -0.2) is 0 Å². The standard InChI is InChI=1S/C19H16BrN3O/c20-12-4-7-17-15(9-12)19(16(21)10-22-17)23-13-5-6-14-11(8-13)2-1-3-18(14)24/h4-10H,1-3,21H2,(H,22,23). The lowest BCUT2D eigenvalue weighted by Gasteiger charge is -2.17. The summed E-state index contributed by atoms with van der Waals surface area (Å²) in [6, 6.07) is 11.8. The fraction of sp³-hybridized carbons (Fsp3) is 0.158. The maximum atomic E-state index is 12.0. The van der Waals surface area contributed by atoms with Crippen LogP contribution in [0.2, 0.25) is 0 Å². The van der Waals surface area contributed by atoms with E-state index in [0.717, 1.165) is 50.7 Å². The average Bonchev–Trinajstić information content (AvgIpc) is 2.58. The number of benzene rings is 2. The van der Waals surface area contributed by atoms with Gasteiger partial charge in [0.05, 0.1) is 23.1 Å². The summed E-state index contributed by atoms with van der Waals surface area (Å²) in [5, 5.41) is 4.37. The highest BCUT2D eigenvalue weighted by molar-refractivity contribution is 9.10. The molecule has 4 rings (SSSR count). The molecule has 1 heterocycles. The van der Waals surface area contributed by atoms with Gasteiger partial charge in [0.15, 0.2) is 5.78 Å². The number of carbonyl (C=O) groups excluding carboxylic acids is 1. The van der Waals surface area contributed by atoms with Gasteiger partial charge in [-0.3, -0.25) is 9.78 Å². The van der Waals surface area contributed by atoms with Crippen LogP contribution in [0.3, 0.4) is 0 Å². The highest BCUT2D eigenvalue weighted by atomic mass is 79.9. The fourth-order valence-electron chi connectivity index (χ4n) is 3.19. The molecule has 0 saturated heterocycles. The van der Waals surface area contributed by atoms with Crippen LogP contribution in [-0.4, -0.2) is 10.8 Å². The van der Waals surface area contributed by atoms with Gasteiger partial charge in [0.1, 0.15) is 0 Å². The SMILES string of the molecule is Nc1cnc2ccc(Br)cc2c1Nc1ccc2c(c1)CCCC2=O. The number of nitrogen functional groups attached to an aromatic ring is 1. The molecular formula is C19H16BrN3O. The summed E-state index contributed by atoms with van der Waals surface area (Å²) in [7, 11) is 0. The first-order valence-corrected chi connectivity index (χ1v) is 8.68.